The molecule has 0 spiro atoms. The Labute approximate surface area is 100 Å². The van der Waals surface area contributed by atoms with Gasteiger partial charge in [-0.25, -0.2) is 0 Å². The number of anilines is 1. The van der Waals surface area contributed by atoms with Crippen molar-refractivity contribution in [2.45, 2.75) is 6.92 Å². The van der Waals surface area contributed by atoms with E-state index in [1.54, 1.807) is 6.20 Å². The van der Waals surface area contributed by atoms with Gasteiger partial charge >= 0.3 is 0 Å². The lowest BCUT2D eigenvalue weighted by Gasteiger charge is -2.09. The second kappa shape index (κ2) is 4.86. The first kappa shape index (κ1) is 10.8. The first-order chi connectivity index (χ1) is 7.77. The highest BCUT2D eigenvalue weighted by atomic mass is 32.1. The van der Waals surface area contributed by atoms with Gasteiger partial charge in [-0.05, 0) is 30.7 Å². The molecule has 1 heterocycles. The summed E-state index contributed by atoms with van der Waals surface area (Å²) in [6.07, 6.45) is 1.74. The molecule has 0 atom stereocenters. The summed E-state index contributed by atoms with van der Waals surface area (Å²) in [5.41, 5.74) is 2.99. The smallest absolute Gasteiger partial charge is 0.129 e. The molecule has 0 saturated carbocycles. The molecule has 80 valence electrons. The first-order valence-electron chi connectivity index (χ1n) is 5.05. The zero-order valence-corrected chi connectivity index (χ0v) is 9.79. The van der Waals surface area contributed by atoms with Crippen LogP contribution in [0.4, 0.5) is 5.69 Å². The molecule has 16 heavy (non-hydrogen) atoms. The van der Waals surface area contributed by atoms with Crippen molar-refractivity contribution in [3.63, 3.8) is 0 Å². The molecule has 0 radical (unpaired) electrons. The van der Waals surface area contributed by atoms with E-state index in [2.05, 4.69) is 10.3 Å². The number of thiocarbonyl (C=S) groups is 1. The van der Waals surface area contributed by atoms with Crippen LogP contribution in [0.1, 0.15) is 11.3 Å². The third-order valence-corrected chi connectivity index (χ3v) is 2.60. The van der Waals surface area contributed by atoms with Gasteiger partial charge in [-0.3, -0.25) is 4.98 Å². The van der Waals surface area contributed by atoms with Gasteiger partial charge in [0.1, 0.15) is 4.99 Å². The minimum atomic E-state index is 0.648. The van der Waals surface area contributed by atoms with Gasteiger partial charge < -0.3 is 5.32 Å². The van der Waals surface area contributed by atoms with Gasteiger partial charge in [0.05, 0.1) is 5.69 Å². The molecule has 2 aromatic rings. The summed E-state index contributed by atoms with van der Waals surface area (Å²) in [4.78, 5) is 4.85. The molecule has 0 amide bonds. The maximum atomic E-state index is 5.29. The van der Waals surface area contributed by atoms with Crippen molar-refractivity contribution in [3.8, 4) is 0 Å². The van der Waals surface area contributed by atoms with Crippen LogP contribution >= 0.6 is 12.2 Å². The Morgan fingerprint density at radius 1 is 1.12 bits per heavy atom. The molecule has 0 aliphatic rings. The topological polar surface area (TPSA) is 24.9 Å². The van der Waals surface area contributed by atoms with Gasteiger partial charge in [0.2, 0.25) is 0 Å². The summed E-state index contributed by atoms with van der Waals surface area (Å²) in [6, 6.07) is 13.7. The standard InChI is InChI=1S/C13H12N2S/c1-10-6-2-3-7-11(10)15-13(16)12-8-4-5-9-14-12/h2-9H,1H3,(H,15,16). The highest BCUT2D eigenvalue weighted by Gasteiger charge is 2.03. The Kier molecular flexibility index (Phi) is 3.27. The monoisotopic (exact) mass is 228 g/mol. The van der Waals surface area contributed by atoms with Crippen molar-refractivity contribution in [2.75, 3.05) is 5.32 Å². The average Bonchev–Trinajstić information content (AvgIpc) is 2.33. The lowest BCUT2D eigenvalue weighted by molar-refractivity contribution is 1.30. The van der Waals surface area contributed by atoms with E-state index in [0.717, 1.165) is 11.4 Å². The molecule has 0 saturated heterocycles. The van der Waals surface area contributed by atoms with Crippen LogP contribution < -0.4 is 5.32 Å². The third-order valence-electron chi connectivity index (χ3n) is 2.29. The van der Waals surface area contributed by atoms with E-state index in [4.69, 9.17) is 12.2 Å². The van der Waals surface area contributed by atoms with Gasteiger partial charge in [0.25, 0.3) is 0 Å². The second-order valence-corrected chi connectivity index (χ2v) is 3.89. The molecule has 3 heteroatoms. The molecular weight excluding hydrogens is 216 g/mol. The molecule has 0 bridgehead atoms. The summed E-state index contributed by atoms with van der Waals surface area (Å²) >= 11 is 5.29. The minimum Gasteiger partial charge on any atom is -0.345 e. The molecular formula is C13H12N2S. The van der Waals surface area contributed by atoms with Crippen molar-refractivity contribution in [2.24, 2.45) is 0 Å². The van der Waals surface area contributed by atoms with Gasteiger partial charge in [0, 0.05) is 11.9 Å². The van der Waals surface area contributed by atoms with E-state index in [-0.39, 0.29) is 0 Å². The Morgan fingerprint density at radius 3 is 2.56 bits per heavy atom. The normalized spacial score (nSPS) is 9.81. The number of nitrogens with one attached hydrogen (secondary N) is 1. The molecule has 1 aromatic heterocycles. The fraction of sp³-hybridized carbons (Fsp3) is 0.0769. The summed E-state index contributed by atoms with van der Waals surface area (Å²) in [5, 5.41) is 3.20. The Morgan fingerprint density at radius 2 is 1.88 bits per heavy atom. The summed E-state index contributed by atoms with van der Waals surface area (Å²) in [5.74, 6) is 0. The Balaban J connectivity index is 2.18. The zero-order valence-electron chi connectivity index (χ0n) is 8.97. The largest absolute Gasteiger partial charge is 0.345 e. The maximum absolute atomic E-state index is 5.29. The molecule has 2 nitrogen and oxygen atoms in total. The third kappa shape index (κ3) is 2.44. The molecule has 0 fully saturated rings. The summed E-state index contributed by atoms with van der Waals surface area (Å²) in [7, 11) is 0. The molecule has 0 unspecified atom stereocenters. The van der Waals surface area contributed by atoms with E-state index >= 15 is 0 Å². The number of aryl methyl sites for hydroxylation is 1. The maximum Gasteiger partial charge on any atom is 0.129 e. The number of para-hydroxylation sites is 1. The number of pyridine rings is 1. The van der Waals surface area contributed by atoms with E-state index < -0.39 is 0 Å². The van der Waals surface area contributed by atoms with Crippen LogP contribution in [0.2, 0.25) is 0 Å². The van der Waals surface area contributed by atoms with Crippen LogP contribution in [-0.4, -0.2) is 9.97 Å². The van der Waals surface area contributed by atoms with Crippen molar-refractivity contribution >= 4 is 22.9 Å². The number of hydrogen-bond acceptors (Lipinski definition) is 2. The first-order valence-corrected chi connectivity index (χ1v) is 5.46. The van der Waals surface area contributed by atoms with Crippen molar-refractivity contribution in [1.82, 2.24) is 4.98 Å². The lowest BCUT2D eigenvalue weighted by Crippen LogP contribution is -2.12. The van der Waals surface area contributed by atoms with E-state index in [0.29, 0.717) is 4.99 Å². The predicted octanol–water partition coefficient (Wildman–Crippen LogP) is 3.18. The number of nitrogens with zero attached hydrogens (tertiary/aromatic N) is 1. The zero-order chi connectivity index (χ0) is 11.4. The number of benzene rings is 1. The van der Waals surface area contributed by atoms with Crippen LogP contribution in [-0.2, 0) is 0 Å². The van der Waals surface area contributed by atoms with E-state index in [1.165, 1.54) is 5.56 Å². The van der Waals surface area contributed by atoms with E-state index in [1.807, 2.05) is 49.4 Å². The number of rotatable bonds is 2. The average molecular weight is 228 g/mol. The number of aromatic nitrogens is 1. The highest BCUT2D eigenvalue weighted by Crippen LogP contribution is 2.14. The molecule has 0 aliphatic carbocycles. The molecule has 0 aliphatic heterocycles. The predicted molar refractivity (Wildman–Crippen MR) is 70.7 cm³/mol. The summed E-state index contributed by atoms with van der Waals surface area (Å²) in [6.45, 7) is 2.05. The fourth-order valence-electron chi connectivity index (χ4n) is 1.40. The van der Waals surface area contributed by atoms with Crippen molar-refractivity contribution in [1.29, 1.82) is 0 Å². The van der Waals surface area contributed by atoms with Crippen LogP contribution in [0.3, 0.4) is 0 Å². The molecule has 1 N–H and O–H groups in total. The van der Waals surface area contributed by atoms with Gasteiger partial charge in [-0.15, -0.1) is 0 Å². The molecule has 2 rings (SSSR count). The van der Waals surface area contributed by atoms with Crippen LogP contribution in [0.25, 0.3) is 0 Å². The second-order valence-electron chi connectivity index (χ2n) is 3.48. The number of hydrogen-bond donors (Lipinski definition) is 1. The van der Waals surface area contributed by atoms with Crippen molar-refractivity contribution in [3.05, 3.63) is 59.9 Å². The minimum absolute atomic E-state index is 0.648. The van der Waals surface area contributed by atoms with Crippen LogP contribution in [0.5, 0.6) is 0 Å². The van der Waals surface area contributed by atoms with Gasteiger partial charge in [0.15, 0.2) is 0 Å². The van der Waals surface area contributed by atoms with Crippen LogP contribution in [0.15, 0.2) is 48.7 Å². The van der Waals surface area contributed by atoms with Gasteiger partial charge in [-0.2, -0.15) is 0 Å². The fourth-order valence-corrected chi connectivity index (χ4v) is 1.63. The SMILES string of the molecule is Cc1ccccc1NC(=S)c1ccccn1. The Hall–Kier alpha value is -1.74. The highest BCUT2D eigenvalue weighted by molar-refractivity contribution is 7.81. The lowest BCUT2D eigenvalue weighted by atomic mass is 10.2. The van der Waals surface area contributed by atoms with E-state index in [9.17, 15) is 0 Å². The van der Waals surface area contributed by atoms with Gasteiger partial charge in [-0.1, -0.05) is 36.5 Å². The van der Waals surface area contributed by atoms with Crippen LogP contribution in [0, 0.1) is 6.92 Å². The van der Waals surface area contributed by atoms with Crippen molar-refractivity contribution < 1.29 is 0 Å². The summed E-state index contributed by atoms with van der Waals surface area (Å²) < 4.78 is 0. The molecule has 1 aromatic carbocycles. The quantitative estimate of drug-likeness (QED) is 0.799. The Bertz CT molecular complexity index is 494.